The van der Waals surface area contributed by atoms with Gasteiger partial charge in [0.25, 0.3) is 0 Å². The summed E-state index contributed by atoms with van der Waals surface area (Å²) in [5, 5.41) is 13.5. The van der Waals surface area contributed by atoms with E-state index in [2.05, 4.69) is 12.2 Å². The van der Waals surface area contributed by atoms with Crippen LogP contribution in [0.4, 0.5) is 0 Å². The zero-order chi connectivity index (χ0) is 31.7. The first-order valence-electron chi connectivity index (χ1n) is 16.7. The molecule has 2 bridgehead atoms. The fourth-order valence-electron chi connectivity index (χ4n) is 7.34. The van der Waals surface area contributed by atoms with Gasteiger partial charge in [-0.1, -0.05) is 40.0 Å². The molecule has 0 heterocycles. The van der Waals surface area contributed by atoms with E-state index in [-0.39, 0.29) is 41.3 Å². The second kappa shape index (κ2) is 16.4. The van der Waals surface area contributed by atoms with Crippen LogP contribution in [0.15, 0.2) is 0 Å². The number of ether oxygens (including phenoxy) is 1. The maximum absolute atomic E-state index is 13.1. The van der Waals surface area contributed by atoms with E-state index >= 15 is 0 Å². The Hall–Kier alpha value is -1.67. The fraction of sp³-hybridized carbons (Fsp3) is 0.912. The first-order valence-corrected chi connectivity index (χ1v) is 16.7. The standard InChI is InChI=1S/C34H63N3O5/c1-9-34(6,32(41)36-33(3,4)5)18-12-16-25(31(40)42-20-19-37(7)8)15-10-13-24(30(35)39)14-11-17-27-23(2)26-21-28(27)29(38)22-26/h23-29,38H,9-22H2,1-8H3,(H2,35,39)(H,36,41). The minimum Gasteiger partial charge on any atom is -0.464 e. The highest BCUT2D eigenvalue weighted by atomic mass is 16.5. The van der Waals surface area contributed by atoms with Crippen LogP contribution in [0.25, 0.3) is 0 Å². The van der Waals surface area contributed by atoms with Crippen molar-refractivity contribution in [3.63, 3.8) is 0 Å². The van der Waals surface area contributed by atoms with Gasteiger partial charge in [0.1, 0.15) is 6.61 Å². The average molecular weight is 594 g/mol. The van der Waals surface area contributed by atoms with Crippen LogP contribution in [-0.4, -0.2) is 66.7 Å². The normalized spacial score (nSPS) is 26.6. The molecule has 2 saturated carbocycles. The van der Waals surface area contributed by atoms with Crippen LogP contribution in [0.3, 0.4) is 0 Å². The summed E-state index contributed by atoms with van der Waals surface area (Å²) >= 11 is 0. The van der Waals surface area contributed by atoms with Crippen molar-refractivity contribution in [1.82, 2.24) is 10.2 Å². The second-order valence-electron chi connectivity index (χ2n) is 15.1. The quantitative estimate of drug-likeness (QED) is 0.175. The maximum atomic E-state index is 13.1. The van der Waals surface area contributed by atoms with E-state index in [4.69, 9.17) is 10.5 Å². The highest BCUT2D eigenvalue weighted by Crippen LogP contribution is 2.53. The highest BCUT2D eigenvalue weighted by molar-refractivity contribution is 5.82. The lowest BCUT2D eigenvalue weighted by Gasteiger charge is -2.32. The Labute approximate surface area is 256 Å². The number of nitrogens with two attached hydrogens (primary N) is 1. The molecule has 2 fully saturated rings. The number of carbonyl (C=O) groups excluding carboxylic acids is 3. The number of hydrogen-bond acceptors (Lipinski definition) is 6. The number of likely N-dealkylation sites (N-methyl/N-ethyl adjacent to an activating group) is 1. The molecule has 0 aromatic rings. The van der Waals surface area contributed by atoms with Gasteiger partial charge < -0.3 is 25.8 Å². The van der Waals surface area contributed by atoms with Crippen molar-refractivity contribution < 1.29 is 24.2 Å². The molecule has 0 aromatic heterocycles. The van der Waals surface area contributed by atoms with Crippen LogP contribution >= 0.6 is 0 Å². The largest absolute Gasteiger partial charge is 0.464 e. The minimum absolute atomic E-state index is 0.0567. The fourth-order valence-corrected chi connectivity index (χ4v) is 7.34. The number of nitrogens with zero attached hydrogens (tertiary/aromatic N) is 1. The molecule has 2 rings (SSSR count). The molecule has 244 valence electrons. The van der Waals surface area contributed by atoms with E-state index in [1.54, 1.807) is 0 Å². The van der Waals surface area contributed by atoms with Crippen molar-refractivity contribution in [2.75, 3.05) is 27.2 Å². The third-order valence-corrected chi connectivity index (χ3v) is 10.4. The van der Waals surface area contributed by atoms with Crippen LogP contribution in [0.1, 0.15) is 119 Å². The van der Waals surface area contributed by atoms with Crippen LogP contribution in [0.5, 0.6) is 0 Å². The molecule has 8 atom stereocenters. The first kappa shape index (κ1) is 36.5. The Morgan fingerprint density at radius 3 is 2.19 bits per heavy atom. The van der Waals surface area contributed by atoms with Gasteiger partial charge in [-0.15, -0.1) is 0 Å². The number of carbonyl (C=O) groups is 3. The predicted octanol–water partition coefficient (Wildman–Crippen LogP) is 5.30. The molecule has 0 aromatic carbocycles. The second-order valence-corrected chi connectivity index (χ2v) is 15.1. The van der Waals surface area contributed by atoms with E-state index in [1.807, 2.05) is 53.6 Å². The Bertz CT molecular complexity index is 872. The van der Waals surface area contributed by atoms with Crippen molar-refractivity contribution in [2.24, 2.45) is 46.7 Å². The SMILES string of the molecule is CCC(C)(CCCC(CCCC(CCCC1C(C)C2CC(O)C1C2)C(N)=O)C(=O)OCCN(C)C)C(=O)NC(C)(C)C. The van der Waals surface area contributed by atoms with Gasteiger partial charge in [-0.2, -0.15) is 0 Å². The van der Waals surface area contributed by atoms with Gasteiger partial charge in [-0.3, -0.25) is 14.4 Å². The smallest absolute Gasteiger partial charge is 0.308 e. The predicted molar refractivity (Wildman–Crippen MR) is 168 cm³/mol. The molecule has 8 unspecified atom stereocenters. The lowest BCUT2D eigenvalue weighted by molar-refractivity contribution is -0.149. The van der Waals surface area contributed by atoms with Gasteiger partial charge in [0.2, 0.25) is 11.8 Å². The van der Waals surface area contributed by atoms with Gasteiger partial charge in [0.05, 0.1) is 12.0 Å². The molecular formula is C34H63N3O5. The van der Waals surface area contributed by atoms with Crippen LogP contribution in [-0.2, 0) is 19.1 Å². The third kappa shape index (κ3) is 11.1. The van der Waals surface area contributed by atoms with E-state index in [0.717, 1.165) is 51.4 Å². The zero-order valence-electron chi connectivity index (χ0n) is 28.0. The Balaban J connectivity index is 1.90. The van der Waals surface area contributed by atoms with Crippen LogP contribution < -0.4 is 11.1 Å². The highest BCUT2D eigenvalue weighted by Gasteiger charge is 2.49. The molecule has 2 amide bonds. The molecule has 0 saturated heterocycles. The molecule has 8 nitrogen and oxygen atoms in total. The molecule has 42 heavy (non-hydrogen) atoms. The van der Waals surface area contributed by atoms with Crippen molar-refractivity contribution >= 4 is 17.8 Å². The van der Waals surface area contributed by atoms with Gasteiger partial charge in [0.15, 0.2) is 0 Å². The van der Waals surface area contributed by atoms with Gasteiger partial charge >= 0.3 is 5.97 Å². The summed E-state index contributed by atoms with van der Waals surface area (Å²) < 4.78 is 5.64. The number of aliphatic hydroxyl groups is 1. The number of primary amides is 1. The van der Waals surface area contributed by atoms with Crippen molar-refractivity contribution in [1.29, 1.82) is 0 Å². The summed E-state index contributed by atoms with van der Waals surface area (Å²) in [5.41, 5.74) is 5.03. The summed E-state index contributed by atoms with van der Waals surface area (Å²) in [6.45, 7) is 13.4. The van der Waals surface area contributed by atoms with Crippen molar-refractivity contribution in [3.8, 4) is 0 Å². The third-order valence-electron chi connectivity index (χ3n) is 10.4. The van der Waals surface area contributed by atoms with E-state index in [1.165, 1.54) is 0 Å². The molecular weight excluding hydrogens is 530 g/mol. The Kier molecular flexibility index (Phi) is 14.3. The Morgan fingerprint density at radius 2 is 1.62 bits per heavy atom. The summed E-state index contributed by atoms with van der Waals surface area (Å²) in [4.78, 5) is 40.4. The number of aliphatic hydroxyl groups excluding tert-OH is 1. The summed E-state index contributed by atoms with van der Waals surface area (Å²) in [6, 6.07) is 0. The molecule has 2 aliphatic carbocycles. The summed E-state index contributed by atoms with van der Waals surface area (Å²) in [5.74, 6) is 1.43. The van der Waals surface area contributed by atoms with Gasteiger partial charge in [0, 0.05) is 23.4 Å². The number of fused-ring (bicyclic) bond motifs is 2. The number of esters is 1. The van der Waals surface area contributed by atoms with E-state index in [0.29, 0.717) is 62.5 Å². The number of hydrogen-bond donors (Lipinski definition) is 3. The van der Waals surface area contributed by atoms with Gasteiger partial charge in [-0.25, -0.2) is 0 Å². The molecule has 4 N–H and O–H groups in total. The molecule has 8 heteroatoms. The van der Waals surface area contributed by atoms with Crippen LogP contribution in [0, 0.1) is 40.9 Å². The van der Waals surface area contributed by atoms with Crippen molar-refractivity contribution in [3.05, 3.63) is 0 Å². The molecule has 0 aliphatic heterocycles. The molecule has 0 spiro atoms. The minimum atomic E-state index is -0.490. The maximum Gasteiger partial charge on any atom is 0.308 e. The first-order chi connectivity index (χ1) is 19.6. The number of amides is 2. The van der Waals surface area contributed by atoms with Crippen molar-refractivity contribution in [2.45, 2.75) is 130 Å². The van der Waals surface area contributed by atoms with Crippen LogP contribution in [0.2, 0.25) is 0 Å². The number of nitrogens with one attached hydrogen (secondary N) is 1. The van der Waals surface area contributed by atoms with E-state index in [9.17, 15) is 19.5 Å². The summed E-state index contributed by atoms with van der Waals surface area (Å²) in [6.07, 6.45) is 9.60. The monoisotopic (exact) mass is 593 g/mol. The summed E-state index contributed by atoms with van der Waals surface area (Å²) in [7, 11) is 3.90. The zero-order valence-corrected chi connectivity index (χ0v) is 28.0. The van der Waals surface area contributed by atoms with Gasteiger partial charge in [-0.05, 0) is 116 Å². The average Bonchev–Trinajstić information content (AvgIpc) is 3.41. The molecule has 0 radical (unpaired) electrons. The molecule has 2 aliphatic rings. The van der Waals surface area contributed by atoms with E-state index < -0.39 is 5.41 Å². The Morgan fingerprint density at radius 1 is 1.00 bits per heavy atom. The lowest BCUT2D eigenvalue weighted by atomic mass is 9.76. The lowest BCUT2D eigenvalue weighted by Crippen LogP contribution is -2.48. The topological polar surface area (TPSA) is 122 Å². The number of rotatable bonds is 19.